The molecule has 3 aromatic rings. The Morgan fingerprint density at radius 3 is 2.91 bits per heavy atom. The van der Waals surface area contributed by atoms with E-state index in [1.165, 1.54) is 23.5 Å². The van der Waals surface area contributed by atoms with Crippen molar-refractivity contribution in [3.05, 3.63) is 35.7 Å². The standard InChI is InChI=1S/C17H19N5O/c1-3-12-13(4-1)19-16-11-14(15-5-2-10-23-15)20-22(16)17(12)21-8-6-18-7-9-21/h2,5,10-11,18H,1,3-4,6-9H2. The third-order valence-corrected chi connectivity index (χ3v) is 4.79. The molecule has 0 spiro atoms. The highest BCUT2D eigenvalue weighted by atomic mass is 16.3. The zero-order valence-electron chi connectivity index (χ0n) is 13.0. The number of piperazine rings is 1. The first-order chi connectivity index (χ1) is 11.4. The Morgan fingerprint density at radius 2 is 2.09 bits per heavy atom. The van der Waals surface area contributed by atoms with Crippen molar-refractivity contribution >= 4 is 11.5 Å². The van der Waals surface area contributed by atoms with Gasteiger partial charge in [0, 0.05) is 43.5 Å². The maximum absolute atomic E-state index is 5.51. The Balaban J connectivity index is 1.72. The molecule has 1 aliphatic heterocycles. The Labute approximate surface area is 134 Å². The number of nitrogens with one attached hydrogen (secondary N) is 1. The normalized spacial score (nSPS) is 17.8. The molecule has 2 aliphatic rings. The molecule has 1 fully saturated rings. The summed E-state index contributed by atoms with van der Waals surface area (Å²) in [6.45, 7) is 4.07. The van der Waals surface area contributed by atoms with Crippen molar-refractivity contribution in [2.45, 2.75) is 19.3 Å². The summed E-state index contributed by atoms with van der Waals surface area (Å²) in [4.78, 5) is 7.31. The van der Waals surface area contributed by atoms with Crippen LogP contribution in [0.1, 0.15) is 17.7 Å². The van der Waals surface area contributed by atoms with Gasteiger partial charge in [0.1, 0.15) is 11.5 Å². The van der Waals surface area contributed by atoms with Crippen molar-refractivity contribution in [1.82, 2.24) is 19.9 Å². The average Bonchev–Trinajstić information content (AvgIpc) is 3.32. The molecule has 1 saturated heterocycles. The van der Waals surface area contributed by atoms with E-state index < -0.39 is 0 Å². The molecule has 4 heterocycles. The van der Waals surface area contributed by atoms with Gasteiger partial charge in [-0.3, -0.25) is 0 Å². The van der Waals surface area contributed by atoms with Crippen LogP contribution in [0.25, 0.3) is 17.1 Å². The van der Waals surface area contributed by atoms with Crippen molar-refractivity contribution < 1.29 is 4.42 Å². The quantitative estimate of drug-likeness (QED) is 0.783. The van der Waals surface area contributed by atoms with E-state index in [0.29, 0.717) is 0 Å². The van der Waals surface area contributed by atoms with Gasteiger partial charge in [0.25, 0.3) is 0 Å². The lowest BCUT2D eigenvalue weighted by molar-refractivity contribution is 0.574. The van der Waals surface area contributed by atoms with Gasteiger partial charge in [0.2, 0.25) is 0 Å². The molecule has 0 radical (unpaired) electrons. The van der Waals surface area contributed by atoms with Crippen molar-refractivity contribution in [2.24, 2.45) is 0 Å². The number of nitrogens with zero attached hydrogens (tertiary/aromatic N) is 4. The molecule has 0 unspecified atom stereocenters. The molecule has 1 aliphatic carbocycles. The van der Waals surface area contributed by atoms with Gasteiger partial charge in [-0.05, 0) is 31.4 Å². The van der Waals surface area contributed by atoms with Gasteiger partial charge in [-0.2, -0.15) is 9.61 Å². The molecule has 1 N–H and O–H groups in total. The van der Waals surface area contributed by atoms with Gasteiger partial charge in [-0.1, -0.05) is 0 Å². The van der Waals surface area contributed by atoms with Gasteiger partial charge >= 0.3 is 0 Å². The average molecular weight is 309 g/mol. The maximum atomic E-state index is 5.51. The fourth-order valence-electron chi connectivity index (χ4n) is 3.71. The van der Waals surface area contributed by atoms with Crippen molar-refractivity contribution in [1.29, 1.82) is 0 Å². The smallest absolute Gasteiger partial charge is 0.158 e. The highest BCUT2D eigenvalue weighted by Crippen LogP contribution is 2.32. The van der Waals surface area contributed by atoms with Crippen molar-refractivity contribution in [2.75, 3.05) is 31.1 Å². The Bertz CT molecular complexity index is 846. The number of aromatic nitrogens is 3. The van der Waals surface area contributed by atoms with Crippen LogP contribution < -0.4 is 10.2 Å². The predicted molar refractivity (Wildman–Crippen MR) is 87.8 cm³/mol. The van der Waals surface area contributed by atoms with E-state index in [1.54, 1.807) is 6.26 Å². The van der Waals surface area contributed by atoms with E-state index in [9.17, 15) is 0 Å². The second-order valence-corrected chi connectivity index (χ2v) is 6.23. The van der Waals surface area contributed by atoms with E-state index in [4.69, 9.17) is 14.5 Å². The van der Waals surface area contributed by atoms with Crippen LogP contribution in [0.2, 0.25) is 0 Å². The molecule has 5 rings (SSSR count). The summed E-state index contributed by atoms with van der Waals surface area (Å²) in [5, 5.41) is 8.23. The minimum Gasteiger partial charge on any atom is -0.463 e. The summed E-state index contributed by atoms with van der Waals surface area (Å²) in [6, 6.07) is 5.87. The topological polar surface area (TPSA) is 58.6 Å². The Morgan fingerprint density at radius 1 is 1.17 bits per heavy atom. The number of furan rings is 1. The summed E-state index contributed by atoms with van der Waals surface area (Å²) < 4.78 is 7.53. The zero-order chi connectivity index (χ0) is 15.2. The van der Waals surface area contributed by atoms with E-state index in [0.717, 1.165) is 56.1 Å². The molecule has 0 atom stereocenters. The number of hydrogen-bond acceptors (Lipinski definition) is 5. The fourth-order valence-corrected chi connectivity index (χ4v) is 3.71. The van der Waals surface area contributed by atoms with Crippen LogP contribution in [0, 0.1) is 0 Å². The van der Waals surface area contributed by atoms with E-state index in [2.05, 4.69) is 10.2 Å². The summed E-state index contributed by atoms with van der Waals surface area (Å²) >= 11 is 0. The van der Waals surface area contributed by atoms with Crippen LogP contribution >= 0.6 is 0 Å². The third kappa shape index (κ3) is 2.05. The fraction of sp³-hybridized carbons (Fsp3) is 0.412. The molecule has 3 aromatic heterocycles. The molecule has 6 nitrogen and oxygen atoms in total. The number of anilines is 1. The molecule has 0 aromatic carbocycles. The maximum Gasteiger partial charge on any atom is 0.158 e. The largest absolute Gasteiger partial charge is 0.463 e. The second-order valence-electron chi connectivity index (χ2n) is 6.23. The van der Waals surface area contributed by atoms with Crippen LogP contribution in [0.3, 0.4) is 0 Å². The first-order valence-electron chi connectivity index (χ1n) is 8.31. The summed E-state index contributed by atoms with van der Waals surface area (Å²) in [5.41, 5.74) is 4.40. The summed E-state index contributed by atoms with van der Waals surface area (Å²) in [6.07, 6.45) is 5.06. The highest BCUT2D eigenvalue weighted by Gasteiger charge is 2.26. The van der Waals surface area contributed by atoms with Gasteiger partial charge in [0.05, 0.1) is 6.26 Å². The minimum atomic E-state index is 0.793. The number of rotatable bonds is 2. The monoisotopic (exact) mass is 309 g/mol. The van der Waals surface area contributed by atoms with E-state index in [-0.39, 0.29) is 0 Å². The van der Waals surface area contributed by atoms with E-state index in [1.807, 2.05) is 22.7 Å². The Hall–Kier alpha value is -2.34. The summed E-state index contributed by atoms with van der Waals surface area (Å²) in [5.74, 6) is 2.03. The van der Waals surface area contributed by atoms with Crippen LogP contribution in [-0.4, -0.2) is 40.8 Å². The molecular weight excluding hydrogens is 290 g/mol. The summed E-state index contributed by atoms with van der Waals surface area (Å²) in [7, 11) is 0. The minimum absolute atomic E-state index is 0.793. The third-order valence-electron chi connectivity index (χ3n) is 4.79. The number of aryl methyl sites for hydroxylation is 1. The van der Waals surface area contributed by atoms with Gasteiger partial charge in [0.15, 0.2) is 11.4 Å². The lowest BCUT2D eigenvalue weighted by Crippen LogP contribution is -2.44. The molecular formula is C17H19N5O. The Kier molecular flexibility index (Phi) is 2.91. The molecule has 0 bridgehead atoms. The SMILES string of the molecule is c1coc(-c2cc3nc4c(c(N5CCNCC5)n3n2)CCC4)c1. The van der Waals surface area contributed by atoms with Crippen LogP contribution in [0.4, 0.5) is 5.82 Å². The van der Waals surface area contributed by atoms with Gasteiger partial charge in [-0.15, -0.1) is 0 Å². The highest BCUT2D eigenvalue weighted by molar-refractivity contribution is 5.65. The second kappa shape index (κ2) is 5.09. The van der Waals surface area contributed by atoms with Crippen LogP contribution in [0.15, 0.2) is 28.9 Å². The lowest BCUT2D eigenvalue weighted by atomic mass is 10.2. The first-order valence-corrected chi connectivity index (χ1v) is 8.31. The molecule has 118 valence electrons. The van der Waals surface area contributed by atoms with Crippen LogP contribution in [0.5, 0.6) is 0 Å². The molecule has 23 heavy (non-hydrogen) atoms. The molecule has 0 amide bonds. The van der Waals surface area contributed by atoms with Gasteiger partial charge in [-0.25, -0.2) is 4.98 Å². The first kappa shape index (κ1) is 13.1. The van der Waals surface area contributed by atoms with Gasteiger partial charge < -0.3 is 14.6 Å². The number of hydrogen-bond donors (Lipinski definition) is 1. The van der Waals surface area contributed by atoms with E-state index >= 15 is 0 Å². The zero-order valence-corrected chi connectivity index (χ0v) is 13.0. The predicted octanol–water partition coefficient (Wildman–Crippen LogP) is 1.89. The molecule has 6 heteroatoms. The van der Waals surface area contributed by atoms with Crippen molar-refractivity contribution in [3.8, 4) is 11.5 Å². The molecule has 0 saturated carbocycles. The number of fused-ring (bicyclic) bond motifs is 2. The van der Waals surface area contributed by atoms with Crippen LogP contribution in [-0.2, 0) is 12.8 Å². The van der Waals surface area contributed by atoms with Crippen molar-refractivity contribution in [3.63, 3.8) is 0 Å². The lowest BCUT2D eigenvalue weighted by Gasteiger charge is -2.31.